The number of nitrogens with zero attached hydrogens (tertiary/aromatic N) is 1. The molecule has 114 valence electrons. The van der Waals surface area contributed by atoms with Crippen LogP contribution in [0.2, 0.25) is 0 Å². The Bertz CT molecular complexity index is 638. The second kappa shape index (κ2) is 6.89. The first-order valence-corrected chi connectivity index (χ1v) is 8.22. The zero-order valence-electron chi connectivity index (χ0n) is 13.4. The Kier molecular flexibility index (Phi) is 4.69. The van der Waals surface area contributed by atoms with E-state index in [2.05, 4.69) is 73.8 Å². The van der Waals surface area contributed by atoms with Crippen LogP contribution >= 0.6 is 0 Å². The average Bonchev–Trinajstić information content (AvgIpc) is 3.08. The fourth-order valence-corrected chi connectivity index (χ4v) is 3.08. The van der Waals surface area contributed by atoms with Crippen LogP contribution in [0, 0.1) is 0 Å². The number of aliphatic imine (C=N–C) groups is 1. The molecule has 0 aliphatic carbocycles. The maximum absolute atomic E-state index is 5.09. The van der Waals surface area contributed by atoms with Gasteiger partial charge in [0.15, 0.2) is 0 Å². The molecule has 2 heteroatoms. The van der Waals surface area contributed by atoms with E-state index in [-0.39, 0.29) is 0 Å². The van der Waals surface area contributed by atoms with E-state index in [1.54, 1.807) is 0 Å². The van der Waals surface area contributed by atoms with Crippen molar-refractivity contribution in [1.82, 2.24) is 5.32 Å². The van der Waals surface area contributed by atoms with Crippen LogP contribution in [0.25, 0.3) is 0 Å². The number of para-hydroxylation sites is 1. The molecule has 1 aliphatic rings. The smallest absolute Gasteiger partial charge is 0.0668 e. The molecule has 0 aromatic heterocycles. The molecule has 1 N–H and O–H groups in total. The van der Waals surface area contributed by atoms with Crippen molar-refractivity contribution < 1.29 is 0 Å². The van der Waals surface area contributed by atoms with E-state index in [0.717, 1.165) is 18.7 Å². The molecule has 1 saturated heterocycles. The molecule has 0 spiro atoms. The molecule has 1 fully saturated rings. The van der Waals surface area contributed by atoms with Crippen LogP contribution in [0.3, 0.4) is 0 Å². The van der Waals surface area contributed by atoms with Gasteiger partial charge in [0.25, 0.3) is 0 Å². The first-order valence-electron chi connectivity index (χ1n) is 8.22. The fraction of sp³-hybridized carbons (Fsp3) is 0.350. The summed E-state index contributed by atoms with van der Waals surface area (Å²) in [6.07, 6.45) is 2.39. The monoisotopic (exact) mass is 292 g/mol. The Morgan fingerprint density at radius 2 is 1.77 bits per heavy atom. The Labute approximate surface area is 133 Å². The van der Waals surface area contributed by atoms with Crippen molar-refractivity contribution in [3.8, 4) is 0 Å². The number of nitrogens with one attached hydrogen (secondary N) is 1. The zero-order chi connectivity index (χ0) is 15.4. The van der Waals surface area contributed by atoms with Crippen LogP contribution in [0.1, 0.15) is 43.7 Å². The molecule has 1 atom stereocenters. The number of benzene rings is 2. The maximum Gasteiger partial charge on any atom is 0.0668 e. The van der Waals surface area contributed by atoms with Gasteiger partial charge in [-0.15, -0.1) is 0 Å². The van der Waals surface area contributed by atoms with Crippen molar-refractivity contribution in [2.75, 3.05) is 6.54 Å². The number of rotatable bonds is 4. The first-order chi connectivity index (χ1) is 10.8. The predicted octanol–water partition coefficient (Wildman–Crippen LogP) is 4.68. The van der Waals surface area contributed by atoms with Gasteiger partial charge in [0, 0.05) is 0 Å². The molecular weight excluding hydrogens is 268 g/mol. The largest absolute Gasteiger partial charge is 0.309 e. The summed E-state index contributed by atoms with van der Waals surface area (Å²) in [7, 11) is 0. The molecule has 1 aliphatic heterocycles. The van der Waals surface area contributed by atoms with Gasteiger partial charge in [0.05, 0.1) is 17.4 Å². The summed E-state index contributed by atoms with van der Waals surface area (Å²) in [5.41, 5.74) is 4.81. The van der Waals surface area contributed by atoms with Gasteiger partial charge in [-0.2, -0.15) is 0 Å². The highest BCUT2D eigenvalue weighted by Gasteiger charge is 2.22. The highest BCUT2D eigenvalue weighted by molar-refractivity contribution is 6.06. The standard InChI is InChI=1S/C20H24N2/c1-15(2)17-11-6-7-12-18(17)22-20(19-13-8-14-21-19)16-9-4-3-5-10-16/h3-7,9-12,15,19,21H,8,13-14H2,1-2H3. The third-order valence-electron chi connectivity index (χ3n) is 4.26. The molecule has 2 aromatic carbocycles. The summed E-state index contributed by atoms with van der Waals surface area (Å²) >= 11 is 0. The second-order valence-electron chi connectivity index (χ2n) is 6.23. The molecule has 0 saturated carbocycles. The number of hydrogen-bond acceptors (Lipinski definition) is 2. The summed E-state index contributed by atoms with van der Waals surface area (Å²) in [6, 6.07) is 19.4. The van der Waals surface area contributed by atoms with Gasteiger partial charge in [-0.1, -0.05) is 62.4 Å². The van der Waals surface area contributed by atoms with Crippen molar-refractivity contribution >= 4 is 11.4 Å². The maximum atomic E-state index is 5.09. The lowest BCUT2D eigenvalue weighted by Gasteiger charge is -2.16. The molecule has 2 nitrogen and oxygen atoms in total. The van der Waals surface area contributed by atoms with Gasteiger partial charge in [0.1, 0.15) is 0 Å². The minimum atomic E-state index is 0.364. The van der Waals surface area contributed by atoms with Gasteiger partial charge in [-0.25, -0.2) is 0 Å². The van der Waals surface area contributed by atoms with Crippen LogP contribution < -0.4 is 5.32 Å². The van der Waals surface area contributed by atoms with Gasteiger partial charge in [-0.05, 0) is 42.5 Å². The van der Waals surface area contributed by atoms with E-state index in [1.165, 1.54) is 23.3 Å². The first kappa shape index (κ1) is 15.0. The molecular formula is C20H24N2. The summed E-state index contributed by atoms with van der Waals surface area (Å²) in [4.78, 5) is 5.09. The summed E-state index contributed by atoms with van der Waals surface area (Å²) in [6.45, 7) is 5.54. The summed E-state index contributed by atoms with van der Waals surface area (Å²) in [5, 5.41) is 3.59. The van der Waals surface area contributed by atoms with Crippen LogP contribution in [-0.2, 0) is 0 Å². The van der Waals surface area contributed by atoms with Crippen molar-refractivity contribution in [3.63, 3.8) is 0 Å². The van der Waals surface area contributed by atoms with E-state index in [1.807, 2.05) is 0 Å². The Morgan fingerprint density at radius 1 is 1.05 bits per heavy atom. The highest BCUT2D eigenvalue weighted by atomic mass is 15.0. The summed E-state index contributed by atoms with van der Waals surface area (Å²) in [5.74, 6) is 0.480. The van der Waals surface area contributed by atoms with E-state index in [9.17, 15) is 0 Å². The Morgan fingerprint density at radius 3 is 2.45 bits per heavy atom. The van der Waals surface area contributed by atoms with Gasteiger partial charge < -0.3 is 5.32 Å². The van der Waals surface area contributed by atoms with Crippen LogP contribution in [0.5, 0.6) is 0 Å². The summed E-state index contributed by atoms with van der Waals surface area (Å²) < 4.78 is 0. The Balaban J connectivity index is 2.06. The lowest BCUT2D eigenvalue weighted by molar-refractivity contribution is 0.762. The molecule has 2 aromatic rings. The third-order valence-corrected chi connectivity index (χ3v) is 4.26. The topological polar surface area (TPSA) is 24.4 Å². The van der Waals surface area contributed by atoms with Crippen molar-refractivity contribution in [2.24, 2.45) is 4.99 Å². The van der Waals surface area contributed by atoms with Crippen molar-refractivity contribution in [2.45, 2.75) is 38.6 Å². The quantitative estimate of drug-likeness (QED) is 0.813. The molecule has 22 heavy (non-hydrogen) atoms. The normalized spacial score (nSPS) is 18.9. The zero-order valence-corrected chi connectivity index (χ0v) is 13.4. The van der Waals surface area contributed by atoms with Gasteiger partial charge in [0.2, 0.25) is 0 Å². The van der Waals surface area contributed by atoms with Crippen molar-refractivity contribution in [3.05, 3.63) is 65.7 Å². The second-order valence-corrected chi connectivity index (χ2v) is 6.23. The third kappa shape index (κ3) is 3.28. The van der Waals surface area contributed by atoms with Crippen molar-refractivity contribution in [1.29, 1.82) is 0 Å². The predicted molar refractivity (Wildman–Crippen MR) is 94.2 cm³/mol. The lowest BCUT2D eigenvalue weighted by atomic mass is 9.99. The van der Waals surface area contributed by atoms with Gasteiger partial charge >= 0.3 is 0 Å². The highest BCUT2D eigenvalue weighted by Crippen LogP contribution is 2.28. The van der Waals surface area contributed by atoms with E-state index >= 15 is 0 Å². The van der Waals surface area contributed by atoms with E-state index in [0.29, 0.717) is 12.0 Å². The SMILES string of the molecule is CC(C)c1ccccc1N=C(c1ccccc1)C1CCCN1. The molecule has 0 amide bonds. The van der Waals surface area contributed by atoms with E-state index < -0.39 is 0 Å². The molecule has 1 unspecified atom stereocenters. The van der Waals surface area contributed by atoms with Crippen LogP contribution in [0.4, 0.5) is 5.69 Å². The molecule has 3 rings (SSSR count). The average molecular weight is 292 g/mol. The molecule has 1 heterocycles. The fourth-order valence-electron chi connectivity index (χ4n) is 3.08. The minimum Gasteiger partial charge on any atom is -0.309 e. The minimum absolute atomic E-state index is 0.364. The van der Waals surface area contributed by atoms with E-state index in [4.69, 9.17) is 4.99 Å². The molecule has 0 radical (unpaired) electrons. The molecule has 0 bridgehead atoms. The number of hydrogen-bond donors (Lipinski definition) is 1. The van der Waals surface area contributed by atoms with Crippen LogP contribution in [0.15, 0.2) is 59.6 Å². The van der Waals surface area contributed by atoms with Gasteiger partial charge in [-0.3, -0.25) is 4.99 Å². The Hall–Kier alpha value is -1.93. The lowest BCUT2D eigenvalue weighted by Crippen LogP contribution is -2.31. The van der Waals surface area contributed by atoms with Crippen LogP contribution in [-0.4, -0.2) is 18.3 Å².